The van der Waals surface area contributed by atoms with Crippen molar-refractivity contribution in [3.63, 3.8) is 0 Å². The Morgan fingerprint density at radius 2 is 1.27 bits per heavy atom. The first-order chi connectivity index (χ1) is 17.8. The Kier molecular flexibility index (Phi) is 2.59. The Labute approximate surface area is 185 Å². The van der Waals surface area contributed by atoms with Crippen LogP contribution in [-0.4, -0.2) is 0 Å². The minimum atomic E-state index is -0.356. The lowest BCUT2D eigenvalue weighted by molar-refractivity contribution is 1.64. The molecule has 0 heteroatoms. The molecule has 6 aromatic rings. The Balaban J connectivity index is 1.95. The summed E-state index contributed by atoms with van der Waals surface area (Å²) in [5.74, 6) is 0. The molecule has 6 aromatic carbocycles. The van der Waals surface area contributed by atoms with Gasteiger partial charge in [0.05, 0.1) is 9.60 Å². The molecule has 0 heterocycles. The summed E-state index contributed by atoms with van der Waals surface area (Å²) in [7, 11) is 0. The fraction of sp³-hybridized carbons (Fsp3) is 0. The molecule has 0 aliphatic heterocycles. The summed E-state index contributed by atoms with van der Waals surface area (Å²) in [6, 6.07) is 22.9. The first-order valence-electron chi connectivity index (χ1n) is 13.3. The molecule has 0 atom stereocenters. The van der Waals surface area contributed by atoms with Crippen LogP contribution in [0, 0.1) is 0 Å². The van der Waals surface area contributed by atoms with Crippen molar-refractivity contribution in [2.24, 2.45) is 0 Å². The summed E-state index contributed by atoms with van der Waals surface area (Å²) in [5.41, 5.74) is 2.15. The Morgan fingerprint density at radius 1 is 0.500 bits per heavy atom. The first-order valence-corrected chi connectivity index (χ1v) is 9.81. The maximum atomic E-state index is 9.31. The van der Waals surface area contributed by atoms with E-state index in [9.17, 15) is 1.37 Å². The van der Waals surface area contributed by atoms with Crippen molar-refractivity contribution < 1.29 is 9.60 Å². The third-order valence-electron chi connectivity index (χ3n) is 5.47. The molecule has 0 amide bonds. The second kappa shape index (κ2) is 6.86. The zero-order chi connectivity index (χ0) is 26.0. The van der Waals surface area contributed by atoms with Gasteiger partial charge in [0.15, 0.2) is 0 Å². The molecule has 140 valence electrons. The van der Waals surface area contributed by atoms with E-state index in [1.54, 1.807) is 18.2 Å². The number of benzene rings is 6. The van der Waals surface area contributed by atoms with Gasteiger partial charge in [0.1, 0.15) is 0 Å². The number of hydrogen-bond donors (Lipinski definition) is 0. The lowest BCUT2D eigenvalue weighted by Crippen LogP contribution is -1.88. The second-order valence-electron chi connectivity index (χ2n) is 7.24. The average Bonchev–Trinajstić information content (AvgIpc) is 2.93. The van der Waals surface area contributed by atoms with Crippen molar-refractivity contribution in [3.05, 3.63) is 121 Å². The lowest BCUT2D eigenvalue weighted by atomic mass is 9.88. The van der Waals surface area contributed by atoms with Gasteiger partial charge in [-0.1, -0.05) is 109 Å². The first kappa shape index (κ1) is 11.3. The van der Waals surface area contributed by atoms with Gasteiger partial charge in [-0.3, -0.25) is 0 Å². The van der Waals surface area contributed by atoms with Gasteiger partial charge in [-0.25, -0.2) is 0 Å². The monoisotopic (exact) mass is 387 g/mol. The van der Waals surface area contributed by atoms with E-state index in [4.69, 9.17) is 8.22 Å². The van der Waals surface area contributed by atoms with Crippen molar-refractivity contribution in [3.8, 4) is 22.3 Å². The minimum absolute atomic E-state index is 0.0550. The van der Waals surface area contributed by atoms with Gasteiger partial charge >= 0.3 is 0 Å². The molecule has 0 saturated heterocycles. The van der Waals surface area contributed by atoms with Crippen LogP contribution >= 0.6 is 0 Å². The predicted octanol–water partition coefficient (Wildman–Crippen LogP) is 8.48. The number of hydrogen-bond acceptors (Lipinski definition) is 0. The van der Waals surface area contributed by atoms with E-state index >= 15 is 0 Å². The largest absolute Gasteiger partial charge is 0.0636 e. The molecule has 0 spiro atoms. The van der Waals surface area contributed by atoms with Gasteiger partial charge in [0.25, 0.3) is 0 Å². The zero-order valence-electron chi connectivity index (χ0n) is 23.0. The molecule has 0 aliphatic carbocycles. The standard InChI is InChI=1S/C30H20/c1-2-9-21(10-3-1)23-17-18-25-19-24-12-5-7-15-27(24)30(29(25)20-23)28-16-8-13-22-11-4-6-14-26(22)28/h1-20H/i5D,7D,12D,15D,17D,18D,20D. The van der Waals surface area contributed by atoms with E-state index in [2.05, 4.69) is 0 Å². The van der Waals surface area contributed by atoms with E-state index < -0.39 is 0 Å². The summed E-state index contributed by atoms with van der Waals surface area (Å²) >= 11 is 0. The fourth-order valence-electron chi connectivity index (χ4n) is 4.08. The van der Waals surface area contributed by atoms with Crippen LogP contribution in [0.1, 0.15) is 9.60 Å². The molecule has 0 saturated carbocycles. The molecule has 0 nitrogen and oxygen atoms in total. The van der Waals surface area contributed by atoms with Crippen LogP contribution in [0.4, 0.5) is 0 Å². The molecule has 0 unspecified atom stereocenters. The molecule has 0 bridgehead atoms. The molecular formula is C30H20. The van der Waals surface area contributed by atoms with Crippen molar-refractivity contribution in [1.82, 2.24) is 0 Å². The van der Waals surface area contributed by atoms with Crippen LogP contribution in [0.25, 0.3) is 54.6 Å². The summed E-state index contributed by atoms with van der Waals surface area (Å²) in [6.45, 7) is 0. The topological polar surface area (TPSA) is 0 Å². The lowest BCUT2D eigenvalue weighted by Gasteiger charge is -2.15. The summed E-state index contributed by atoms with van der Waals surface area (Å²) in [5, 5.41) is 3.10. The van der Waals surface area contributed by atoms with Gasteiger partial charge in [-0.2, -0.15) is 0 Å². The number of fused-ring (bicyclic) bond motifs is 3. The molecule has 6 rings (SSSR count). The summed E-state index contributed by atoms with van der Waals surface area (Å²) in [6.07, 6.45) is 0. The van der Waals surface area contributed by atoms with E-state index in [1.807, 2.05) is 60.7 Å². The van der Waals surface area contributed by atoms with Gasteiger partial charge in [-0.15, -0.1) is 0 Å². The summed E-state index contributed by atoms with van der Waals surface area (Å²) in [4.78, 5) is 0. The molecule has 0 aromatic heterocycles. The highest BCUT2D eigenvalue weighted by atomic mass is 14.2. The van der Waals surface area contributed by atoms with Crippen LogP contribution in [0.5, 0.6) is 0 Å². The predicted molar refractivity (Wildman–Crippen MR) is 130 cm³/mol. The maximum absolute atomic E-state index is 9.31. The normalized spacial score (nSPS) is 14.6. The summed E-state index contributed by atoms with van der Waals surface area (Å²) < 4.78 is 61.2. The van der Waals surface area contributed by atoms with Crippen molar-refractivity contribution >= 4 is 32.3 Å². The van der Waals surface area contributed by atoms with Crippen molar-refractivity contribution in [2.45, 2.75) is 0 Å². The molecule has 30 heavy (non-hydrogen) atoms. The van der Waals surface area contributed by atoms with Crippen LogP contribution < -0.4 is 0 Å². The average molecular weight is 388 g/mol. The Hall–Kier alpha value is -3.90. The van der Waals surface area contributed by atoms with Crippen LogP contribution in [0.3, 0.4) is 0 Å². The smallest absolute Gasteiger partial charge is 0.0622 e. The zero-order valence-corrected chi connectivity index (χ0v) is 16.0. The van der Waals surface area contributed by atoms with Crippen LogP contribution in [0.15, 0.2) is 121 Å². The highest BCUT2D eigenvalue weighted by Crippen LogP contribution is 2.40. The van der Waals surface area contributed by atoms with E-state index in [0.29, 0.717) is 38.4 Å². The molecule has 0 N–H and O–H groups in total. The van der Waals surface area contributed by atoms with Crippen molar-refractivity contribution in [2.75, 3.05) is 0 Å². The third kappa shape index (κ3) is 2.69. The van der Waals surface area contributed by atoms with Crippen molar-refractivity contribution in [1.29, 1.82) is 0 Å². The van der Waals surface area contributed by atoms with E-state index in [1.165, 1.54) is 0 Å². The Bertz CT molecular complexity index is 1890. The van der Waals surface area contributed by atoms with Gasteiger partial charge in [-0.05, 0) is 66.7 Å². The van der Waals surface area contributed by atoms with Gasteiger partial charge < -0.3 is 0 Å². The SMILES string of the molecule is [2H]c1c([2H])c([2H])c2c(-c3cccc4ccccc34)c3c([2H])c(-c4ccccc4)c([2H])c([2H])c3cc2c1[2H]. The third-order valence-corrected chi connectivity index (χ3v) is 5.47. The van der Waals surface area contributed by atoms with Crippen LogP contribution in [-0.2, 0) is 0 Å². The van der Waals surface area contributed by atoms with Gasteiger partial charge in [0, 0.05) is 0 Å². The molecule has 0 aliphatic rings. The molecule has 0 fully saturated rings. The minimum Gasteiger partial charge on any atom is -0.0622 e. The highest BCUT2D eigenvalue weighted by Gasteiger charge is 2.13. The fourth-order valence-corrected chi connectivity index (χ4v) is 4.08. The number of rotatable bonds is 2. The maximum Gasteiger partial charge on any atom is 0.0636 e. The molecular weight excluding hydrogens is 360 g/mol. The molecule has 0 radical (unpaired) electrons. The highest BCUT2D eigenvalue weighted by molar-refractivity contribution is 6.17. The van der Waals surface area contributed by atoms with Gasteiger partial charge in [0.2, 0.25) is 0 Å². The quantitative estimate of drug-likeness (QED) is 0.261. The Morgan fingerprint density at radius 3 is 2.20 bits per heavy atom. The van der Waals surface area contributed by atoms with E-state index in [0.717, 1.165) is 10.8 Å². The second-order valence-corrected chi connectivity index (χ2v) is 7.24. The van der Waals surface area contributed by atoms with Crippen LogP contribution in [0.2, 0.25) is 0 Å². The van der Waals surface area contributed by atoms with E-state index in [-0.39, 0.29) is 47.7 Å².